The summed E-state index contributed by atoms with van der Waals surface area (Å²) in [7, 11) is 0. The first kappa shape index (κ1) is 9.73. The average Bonchev–Trinajstić information content (AvgIpc) is 2.18. The number of hydrogen-bond acceptors (Lipinski definition) is 3. The van der Waals surface area contributed by atoms with Gasteiger partial charge in [-0.1, -0.05) is 12.1 Å². The molecule has 1 aliphatic carbocycles. The van der Waals surface area contributed by atoms with Crippen molar-refractivity contribution in [3.05, 3.63) is 35.4 Å². The summed E-state index contributed by atoms with van der Waals surface area (Å²) < 4.78 is 0. The number of carboxylic acid groups (broad SMARTS) is 1. The minimum atomic E-state index is -1.83. The summed E-state index contributed by atoms with van der Waals surface area (Å²) in [5, 5.41) is 27.8. The SMILES string of the molecule is O=C(O)C1(O)C=Cc2cc(O)ccc2C1. The van der Waals surface area contributed by atoms with Gasteiger partial charge in [-0.25, -0.2) is 4.79 Å². The summed E-state index contributed by atoms with van der Waals surface area (Å²) >= 11 is 0. The molecule has 4 nitrogen and oxygen atoms in total. The normalized spacial score (nSPS) is 23.5. The Kier molecular flexibility index (Phi) is 2.01. The van der Waals surface area contributed by atoms with Crippen LogP contribution in [0.4, 0.5) is 0 Å². The second-order valence-electron chi connectivity index (χ2n) is 3.62. The van der Waals surface area contributed by atoms with Crippen LogP contribution in [0.2, 0.25) is 0 Å². The topological polar surface area (TPSA) is 77.8 Å². The lowest BCUT2D eigenvalue weighted by molar-refractivity contribution is -0.153. The van der Waals surface area contributed by atoms with Gasteiger partial charge in [0.25, 0.3) is 0 Å². The molecule has 0 aliphatic heterocycles. The maximum absolute atomic E-state index is 10.8. The van der Waals surface area contributed by atoms with Crippen molar-refractivity contribution >= 4 is 12.0 Å². The van der Waals surface area contributed by atoms with Crippen molar-refractivity contribution in [3.8, 4) is 5.75 Å². The van der Waals surface area contributed by atoms with E-state index < -0.39 is 11.6 Å². The summed E-state index contributed by atoms with van der Waals surface area (Å²) in [5.41, 5.74) is -0.384. The van der Waals surface area contributed by atoms with Crippen LogP contribution in [0, 0.1) is 0 Å². The highest BCUT2D eigenvalue weighted by atomic mass is 16.4. The number of rotatable bonds is 1. The van der Waals surface area contributed by atoms with Gasteiger partial charge in [-0.15, -0.1) is 0 Å². The van der Waals surface area contributed by atoms with Gasteiger partial charge in [-0.05, 0) is 29.3 Å². The third-order valence-corrected chi connectivity index (χ3v) is 2.50. The number of aliphatic carboxylic acids is 1. The fourth-order valence-corrected chi connectivity index (χ4v) is 1.62. The smallest absolute Gasteiger partial charge is 0.340 e. The number of phenols is 1. The molecule has 0 saturated heterocycles. The first-order valence-corrected chi connectivity index (χ1v) is 4.48. The Labute approximate surface area is 86.1 Å². The molecule has 0 saturated carbocycles. The molecule has 0 heterocycles. The van der Waals surface area contributed by atoms with E-state index in [0.29, 0.717) is 5.56 Å². The summed E-state index contributed by atoms with van der Waals surface area (Å²) in [4.78, 5) is 10.8. The summed E-state index contributed by atoms with van der Waals surface area (Å²) in [6.45, 7) is 0. The summed E-state index contributed by atoms with van der Waals surface area (Å²) in [5.74, 6) is -1.14. The highest BCUT2D eigenvalue weighted by Gasteiger charge is 2.35. The number of benzene rings is 1. The zero-order chi connectivity index (χ0) is 11.1. The molecular weight excluding hydrogens is 196 g/mol. The Morgan fingerprint density at radius 1 is 1.40 bits per heavy atom. The number of phenolic OH excluding ortho intramolecular Hbond substituents is 1. The fourth-order valence-electron chi connectivity index (χ4n) is 1.62. The molecule has 4 heteroatoms. The molecule has 15 heavy (non-hydrogen) atoms. The van der Waals surface area contributed by atoms with E-state index in [1.54, 1.807) is 6.07 Å². The minimum Gasteiger partial charge on any atom is -0.508 e. The molecule has 2 rings (SSSR count). The van der Waals surface area contributed by atoms with Gasteiger partial charge in [0.1, 0.15) is 5.75 Å². The summed E-state index contributed by atoms with van der Waals surface area (Å²) in [6, 6.07) is 4.62. The molecule has 1 aliphatic rings. The number of carbonyl (C=O) groups is 1. The highest BCUT2D eigenvalue weighted by molar-refractivity contribution is 5.83. The third kappa shape index (κ3) is 1.59. The number of hydrogen-bond donors (Lipinski definition) is 3. The van der Waals surface area contributed by atoms with Crippen molar-refractivity contribution in [2.24, 2.45) is 0 Å². The number of carboxylic acids is 1. The maximum atomic E-state index is 10.8. The van der Waals surface area contributed by atoms with Crippen molar-refractivity contribution in [2.75, 3.05) is 0 Å². The number of aliphatic hydroxyl groups is 1. The van der Waals surface area contributed by atoms with Gasteiger partial charge < -0.3 is 15.3 Å². The monoisotopic (exact) mass is 206 g/mol. The molecule has 1 aromatic rings. The van der Waals surface area contributed by atoms with Gasteiger partial charge in [0.2, 0.25) is 0 Å². The third-order valence-electron chi connectivity index (χ3n) is 2.50. The molecule has 0 bridgehead atoms. The molecule has 1 atom stereocenters. The molecule has 0 spiro atoms. The van der Waals surface area contributed by atoms with Crippen LogP contribution < -0.4 is 0 Å². The predicted molar refractivity (Wildman–Crippen MR) is 53.4 cm³/mol. The van der Waals surface area contributed by atoms with Crippen molar-refractivity contribution in [1.29, 1.82) is 0 Å². The van der Waals surface area contributed by atoms with Crippen molar-refractivity contribution in [2.45, 2.75) is 12.0 Å². The molecule has 0 radical (unpaired) electrons. The quantitative estimate of drug-likeness (QED) is 0.634. The first-order valence-electron chi connectivity index (χ1n) is 4.48. The Morgan fingerprint density at radius 2 is 2.13 bits per heavy atom. The summed E-state index contributed by atoms with van der Waals surface area (Å²) in [6.07, 6.45) is 2.76. The van der Waals surface area contributed by atoms with Gasteiger partial charge in [0.15, 0.2) is 5.60 Å². The van der Waals surface area contributed by atoms with E-state index >= 15 is 0 Å². The lowest BCUT2D eigenvalue weighted by atomic mass is 9.86. The molecule has 1 aromatic carbocycles. The standard InChI is InChI=1S/C11H10O4/c12-9-2-1-8-6-11(15,10(13)14)4-3-7(8)5-9/h1-5,12,15H,6H2,(H,13,14). The van der Waals surface area contributed by atoms with Gasteiger partial charge >= 0.3 is 5.97 Å². The maximum Gasteiger partial charge on any atom is 0.340 e. The highest BCUT2D eigenvalue weighted by Crippen LogP contribution is 2.28. The number of aromatic hydroxyl groups is 1. The van der Waals surface area contributed by atoms with Crippen LogP contribution in [0.3, 0.4) is 0 Å². The molecular formula is C11H10O4. The van der Waals surface area contributed by atoms with E-state index in [9.17, 15) is 15.0 Å². The van der Waals surface area contributed by atoms with E-state index in [2.05, 4.69) is 0 Å². The van der Waals surface area contributed by atoms with Gasteiger partial charge in [0.05, 0.1) is 0 Å². The van der Waals surface area contributed by atoms with Crippen LogP contribution in [-0.2, 0) is 11.2 Å². The van der Waals surface area contributed by atoms with E-state index in [-0.39, 0.29) is 12.2 Å². The van der Waals surface area contributed by atoms with Crippen molar-refractivity contribution in [3.63, 3.8) is 0 Å². The molecule has 0 aromatic heterocycles. The zero-order valence-corrected chi connectivity index (χ0v) is 7.84. The van der Waals surface area contributed by atoms with E-state index in [4.69, 9.17) is 5.11 Å². The van der Waals surface area contributed by atoms with E-state index in [0.717, 1.165) is 5.56 Å². The molecule has 0 amide bonds. The Bertz CT molecular complexity index is 450. The number of fused-ring (bicyclic) bond motifs is 1. The Balaban J connectivity index is 2.44. The average molecular weight is 206 g/mol. The van der Waals surface area contributed by atoms with Crippen LogP contribution in [-0.4, -0.2) is 26.9 Å². The van der Waals surface area contributed by atoms with Crippen LogP contribution in [0.15, 0.2) is 24.3 Å². The van der Waals surface area contributed by atoms with Crippen LogP contribution in [0.1, 0.15) is 11.1 Å². The van der Waals surface area contributed by atoms with Gasteiger partial charge in [0, 0.05) is 6.42 Å². The molecule has 1 unspecified atom stereocenters. The molecule has 0 fully saturated rings. The van der Waals surface area contributed by atoms with E-state index in [1.165, 1.54) is 24.3 Å². The largest absolute Gasteiger partial charge is 0.508 e. The molecule has 78 valence electrons. The minimum absolute atomic E-state index is 0.0223. The Hall–Kier alpha value is -1.81. The van der Waals surface area contributed by atoms with E-state index in [1.807, 2.05) is 0 Å². The zero-order valence-electron chi connectivity index (χ0n) is 7.84. The van der Waals surface area contributed by atoms with Crippen LogP contribution >= 0.6 is 0 Å². The second kappa shape index (κ2) is 3.10. The van der Waals surface area contributed by atoms with Gasteiger partial charge in [-0.2, -0.15) is 0 Å². The predicted octanol–water partition coefficient (Wildman–Crippen LogP) is 0.777. The first-order chi connectivity index (χ1) is 7.01. The van der Waals surface area contributed by atoms with Crippen molar-refractivity contribution in [1.82, 2.24) is 0 Å². The second-order valence-corrected chi connectivity index (χ2v) is 3.62. The molecule has 3 N–H and O–H groups in total. The van der Waals surface area contributed by atoms with Crippen molar-refractivity contribution < 1.29 is 20.1 Å². The van der Waals surface area contributed by atoms with Gasteiger partial charge in [-0.3, -0.25) is 0 Å². The lowest BCUT2D eigenvalue weighted by Gasteiger charge is -2.24. The fraction of sp³-hybridized carbons (Fsp3) is 0.182. The lowest BCUT2D eigenvalue weighted by Crippen LogP contribution is -2.40. The Morgan fingerprint density at radius 3 is 2.80 bits per heavy atom. The van der Waals surface area contributed by atoms with Crippen LogP contribution in [0.25, 0.3) is 6.08 Å². The van der Waals surface area contributed by atoms with Crippen LogP contribution in [0.5, 0.6) is 5.75 Å².